The van der Waals surface area contributed by atoms with Crippen LogP contribution in [0.15, 0.2) is 30.3 Å². The third-order valence-electron chi connectivity index (χ3n) is 4.58. The molecule has 3 N–H and O–H groups in total. The second kappa shape index (κ2) is 8.64. The number of carbonyl (C=O) groups is 1. The average molecular weight is 396 g/mol. The predicted octanol–water partition coefficient (Wildman–Crippen LogP) is 3.04. The van der Waals surface area contributed by atoms with Crippen LogP contribution in [0.2, 0.25) is 0 Å². The Hall–Kier alpha value is -3.55. The van der Waals surface area contributed by atoms with E-state index in [9.17, 15) is 4.79 Å². The van der Waals surface area contributed by atoms with Gasteiger partial charge in [-0.15, -0.1) is 10.2 Å². The number of benzene rings is 2. The maximum absolute atomic E-state index is 12.3. The highest BCUT2D eigenvalue weighted by Gasteiger charge is 2.21. The predicted molar refractivity (Wildman–Crippen MR) is 112 cm³/mol. The first-order chi connectivity index (χ1) is 14.1. The fourth-order valence-corrected chi connectivity index (χ4v) is 3.17. The largest absolute Gasteiger partial charge is 0.493 e. The Kier molecular flexibility index (Phi) is 6.01. The number of carbonyl (C=O) groups excluding carboxylic acids is 1. The molecule has 1 aromatic heterocycles. The molecule has 0 saturated heterocycles. The van der Waals surface area contributed by atoms with Crippen molar-refractivity contribution in [1.29, 1.82) is 0 Å². The number of nitrogens with zero attached hydrogens (tertiary/aromatic N) is 2. The van der Waals surface area contributed by atoms with E-state index in [4.69, 9.17) is 19.9 Å². The van der Waals surface area contributed by atoms with Crippen LogP contribution < -0.4 is 25.3 Å². The zero-order chi connectivity index (χ0) is 21.0. The van der Waals surface area contributed by atoms with Crippen molar-refractivity contribution in [3.05, 3.63) is 36.0 Å². The van der Waals surface area contributed by atoms with E-state index in [0.29, 0.717) is 34.7 Å². The SMILES string of the molecule is CCCNC(=O)c1nnc2c(-c3ccc(OC)c(OC)c3OC)cccc2c1N. The van der Waals surface area contributed by atoms with Crippen LogP contribution in [0.4, 0.5) is 5.69 Å². The Morgan fingerprint density at radius 3 is 2.41 bits per heavy atom. The first-order valence-electron chi connectivity index (χ1n) is 9.19. The van der Waals surface area contributed by atoms with E-state index in [0.717, 1.165) is 17.5 Å². The number of methoxy groups -OCH3 is 3. The molecule has 8 nitrogen and oxygen atoms in total. The van der Waals surface area contributed by atoms with Crippen LogP contribution >= 0.6 is 0 Å². The first-order valence-corrected chi connectivity index (χ1v) is 9.19. The molecule has 0 unspecified atom stereocenters. The molecule has 0 saturated carbocycles. The van der Waals surface area contributed by atoms with E-state index in [1.54, 1.807) is 27.4 Å². The third-order valence-corrected chi connectivity index (χ3v) is 4.58. The van der Waals surface area contributed by atoms with Gasteiger partial charge < -0.3 is 25.3 Å². The van der Waals surface area contributed by atoms with Crippen LogP contribution in [-0.2, 0) is 0 Å². The summed E-state index contributed by atoms with van der Waals surface area (Å²) in [5.41, 5.74) is 8.72. The molecule has 0 spiro atoms. The normalized spacial score (nSPS) is 10.6. The number of nitrogens with two attached hydrogens (primary N) is 1. The molecule has 29 heavy (non-hydrogen) atoms. The fraction of sp³-hybridized carbons (Fsp3) is 0.286. The molecular formula is C21H24N4O4. The number of nitrogen functional groups attached to an aromatic ring is 1. The van der Waals surface area contributed by atoms with Crippen LogP contribution in [0.5, 0.6) is 17.2 Å². The van der Waals surface area contributed by atoms with E-state index < -0.39 is 0 Å². The molecule has 152 valence electrons. The van der Waals surface area contributed by atoms with Gasteiger partial charge in [-0.25, -0.2) is 0 Å². The van der Waals surface area contributed by atoms with E-state index in [1.165, 1.54) is 0 Å². The number of aromatic nitrogens is 2. The molecule has 0 aliphatic rings. The van der Waals surface area contributed by atoms with Crippen molar-refractivity contribution in [2.45, 2.75) is 13.3 Å². The highest BCUT2D eigenvalue weighted by Crippen LogP contribution is 2.45. The van der Waals surface area contributed by atoms with Gasteiger partial charge in [0.2, 0.25) is 5.75 Å². The Balaban J connectivity index is 2.20. The van der Waals surface area contributed by atoms with E-state index in [-0.39, 0.29) is 17.3 Å². The van der Waals surface area contributed by atoms with Crippen molar-refractivity contribution in [3.63, 3.8) is 0 Å². The molecule has 0 atom stereocenters. The molecule has 1 heterocycles. The summed E-state index contributed by atoms with van der Waals surface area (Å²) in [7, 11) is 4.67. The summed E-state index contributed by atoms with van der Waals surface area (Å²) in [5.74, 6) is 1.19. The van der Waals surface area contributed by atoms with Crippen molar-refractivity contribution in [2.75, 3.05) is 33.6 Å². The lowest BCUT2D eigenvalue weighted by molar-refractivity contribution is 0.0949. The summed E-state index contributed by atoms with van der Waals surface area (Å²) in [6, 6.07) is 9.19. The molecule has 2 aromatic carbocycles. The molecule has 1 amide bonds. The van der Waals surface area contributed by atoms with Crippen molar-refractivity contribution < 1.29 is 19.0 Å². The van der Waals surface area contributed by atoms with Crippen molar-refractivity contribution in [2.24, 2.45) is 0 Å². The number of rotatable bonds is 7. The highest BCUT2D eigenvalue weighted by atomic mass is 16.5. The Bertz CT molecular complexity index is 1050. The van der Waals surface area contributed by atoms with E-state index >= 15 is 0 Å². The molecule has 3 aromatic rings. The number of nitrogens with one attached hydrogen (secondary N) is 1. The van der Waals surface area contributed by atoms with E-state index in [1.807, 2.05) is 31.2 Å². The van der Waals surface area contributed by atoms with Crippen LogP contribution in [0, 0.1) is 0 Å². The average Bonchev–Trinajstić information content (AvgIpc) is 2.76. The third kappa shape index (κ3) is 3.61. The Labute approximate surface area is 169 Å². The molecule has 8 heteroatoms. The maximum Gasteiger partial charge on any atom is 0.273 e. The van der Waals surface area contributed by atoms with Crippen molar-refractivity contribution in [3.8, 4) is 28.4 Å². The van der Waals surface area contributed by atoms with Crippen LogP contribution in [0.3, 0.4) is 0 Å². The van der Waals surface area contributed by atoms with Crippen LogP contribution in [-0.4, -0.2) is 44.0 Å². The monoisotopic (exact) mass is 396 g/mol. The van der Waals surface area contributed by atoms with Gasteiger partial charge in [0.25, 0.3) is 5.91 Å². The Morgan fingerprint density at radius 2 is 1.76 bits per heavy atom. The lowest BCUT2D eigenvalue weighted by Gasteiger charge is -2.17. The maximum atomic E-state index is 12.3. The van der Waals surface area contributed by atoms with Gasteiger partial charge in [-0.1, -0.05) is 25.1 Å². The van der Waals surface area contributed by atoms with Gasteiger partial charge in [0.15, 0.2) is 17.2 Å². The summed E-state index contributed by atoms with van der Waals surface area (Å²) in [4.78, 5) is 12.3. The highest BCUT2D eigenvalue weighted by molar-refractivity contribution is 6.08. The fourth-order valence-electron chi connectivity index (χ4n) is 3.17. The summed E-state index contributed by atoms with van der Waals surface area (Å²) >= 11 is 0. The minimum atomic E-state index is -0.340. The van der Waals surface area contributed by atoms with E-state index in [2.05, 4.69) is 15.5 Å². The van der Waals surface area contributed by atoms with Gasteiger partial charge in [0.05, 0.1) is 27.0 Å². The number of amides is 1. The van der Waals surface area contributed by atoms with Crippen LogP contribution in [0.1, 0.15) is 23.8 Å². The summed E-state index contributed by atoms with van der Waals surface area (Å²) in [5, 5.41) is 11.8. The summed E-state index contributed by atoms with van der Waals surface area (Å²) in [6.45, 7) is 2.51. The molecule has 3 rings (SSSR count). The Morgan fingerprint density at radius 1 is 1.00 bits per heavy atom. The summed E-state index contributed by atoms with van der Waals surface area (Å²) in [6.07, 6.45) is 0.815. The summed E-state index contributed by atoms with van der Waals surface area (Å²) < 4.78 is 16.4. The van der Waals surface area contributed by atoms with Gasteiger partial charge in [0, 0.05) is 23.1 Å². The first kappa shape index (κ1) is 20.2. The molecular weight excluding hydrogens is 372 g/mol. The molecule has 0 fully saturated rings. The molecule has 0 bridgehead atoms. The number of ether oxygens (including phenoxy) is 3. The minimum Gasteiger partial charge on any atom is -0.493 e. The van der Waals surface area contributed by atoms with Gasteiger partial charge in [-0.05, 0) is 18.6 Å². The van der Waals surface area contributed by atoms with Crippen molar-refractivity contribution in [1.82, 2.24) is 15.5 Å². The van der Waals surface area contributed by atoms with Gasteiger partial charge in [-0.2, -0.15) is 0 Å². The second-order valence-electron chi connectivity index (χ2n) is 6.30. The van der Waals surface area contributed by atoms with Gasteiger partial charge in [0.1, 0.15) is 5.52 Å². The lowest BCUT2D eigenvalue weighted by Crippen LogP contribution is -2.26. The second-order valence-corrected chi connectivity index (χ2v) is 6.30. The van der Waals surface area contributed by atoms with Crippen LogP contribution in [0.25, 0.3) is 22.0 Å². The van der Waals surface area contributed by atoms with Crippen molar-refractivity contribution >= 4 is 22.5 Å². The molecule has 0 aliphatic heterocycles. The molecule has 0 aliphatic carbocycles. The van der Waals surface area contributed by atoms with Gasteiger partial charge >= 0.3 is 0 Å². The quantitative estimate of drug-likeness (QED) is 0.632. The lowest BCUT2D eigenvalue weighted by atomic mass is 9.99. The number of anilines is 1. The zero-order valence-electron chi connectivity index (χ0n) is 16.9. The number of hydrogen-bond acceptors (Lipinski definition) is 7. The molecule has 0 radical (unpaired) electrons. The number of hydrogen-bond donors (Lipinski definition) is 2. The number of fused-ring (bicyclic) bond motifs is 1. The zero-order valence-corrected chi connectivity index (χ0v) is 16.9. The van der Waals surface area contributed by atoms with Gasteiger partial charge in [-0.3, -0.25) is 4.79 Å². The standard InChI is InChI=1S/C21H24N4O4/c1-5-11-23-21(26)18-16(22)14-8-6-7-12(17(14)24-25-18)13-9-10-15(27-2)20(29-4)19(13)28-3/h6-10H,5,11H2,1-4H3,(H2,22,24)(H,23,26). The topological polar surface area (TPSA) is 109 Å². The minimum absolute atomic E-state index is 0.113. The smallest absolute Gasteiger partial charge is 0.273 e.